The van der Waals surface area contributed by atoms with Gasteiger partial charge in [-0.3, -0.25) is 0 Å². The molecule has 0 spiro atoms. The number of fused-ring (bicyclic) bond motifs is 1. The van der Waals surface area contributed by atoms with Gasteiger partial charge in [0.15, 0.2) is 0 Å². The van der Waals surface area contributed by atoms with E-state index in [1.807, 2.05) is 24.4 Å². The van der Waals surface area contributed by atoms with E-state index in [0.717, 1.165) is 24.4 Å². The molecule has 3 rings (SSSR count). The number of aromatic nitrogens is 1. The average Bonchev–Trinajstić information content (AvgIpc) is 2.53. The fraction of sp³-hybridized carbons (Fsp3) is 0.471. The Morgan fingerprint density at radius 2 is 1.90 bits per heavy atom. The van der Waals surface area contributed by atoms with E-state index in [2.05, 4.69) is 17.1 Å². The van der Waals surface area contributed by atoms with Crippen LogP contribution in [0.2, 0.25) is 0 Å². The van der Waals surface area contributed by atoms with Crippen LogP contribution in [-0.4, -0.2) is 18.1 Å². The van der Waals surface area contributed by atoms with E-state index < -0.39 is 0 Å². The summed E-state index contributed by atoms with van der Waals surface area (Å²) < 4.78 is 6.02. The normalized spacial score (nSPS) is 22.9. The van der Waals surface area contributed by atoms with Gasteiger partial charge in [0, 0.05) is 11.6 Å². The topological polar surface area (TPSA) is 48.1 Å². The highest BCUT2D eigenvalue weighted by molar-refractivity contribution is 5.86. The molecule has 2 aromatic rings. The highest BCUT2D eigenvalue weighted by Crippen LogP contribution is 2.30. The maximum absolute atomic E-state index is 6.02. The van der Waals surface area contributed by atoms with Crippen LogP contribution in [0.1, 0.15) is 25.7 Å². The van der Waals surface area contributed by atoms with Crippen LogP contribution in [0.15, 0.2) is 36.5 Å². The van der Waals surface area contributed by atoms with E-state index in [9.17, 15) is 0 Å². The molecule has 106 valence electrons. The first-order valence-electron chi connectivity index (χ1n) is 7.55. The molecule has 2 unspecified atom stereocenters. The van der Waals surface area contributed by atoms with Crippen molar-refractivity contribution in [1.29, 1.82) is 0 Å². The molecule has 1 aromatic carbocycles. The highest BCUT2D eigenvalue weighted by atomic mass is 16.5. The Kier molecular flexibility index (Phi) is 4.16. The lowest BCUT2D eigenvalue weighted by Gasteiger charge is -2.30. The molecule has 2 N–H and O–H groups in total. The summed E-state index contributed by atoms with van der Waals surface area (Å²) in [6, 6.07) is 10.2. The first kappa shape index (κ1) is 13.4. The van der Waals surface area contributed by atoms with Gasteiger partial charge in [0.25, 0.3) is 0 Å². The Balaban J connectivity index is 1.73. The molecule has 3 heteroatoms. The number of nitrogens with zero attached hydrogens (tertiary/aromatic N) is 1. The molecular formula is C17H22N2O. The van der Waals surface area contributed by atoms with Crippen LogP contribution in [-0.2, 0) is 0 Å². The quantitative estimate of drug-likeness (QED) is 0.926. The van der Waals surface area contributed by atoms with E-state index >= 15 is 0 Å². The smallest absolute Gasteiger partial charge is 0.221 e. The van der Waals surface area contributed by atoms with Crippen molar-refractivity contribution in [2.24, 2.45) is 17.6 Å². The van der Waals surface area contributed by atoms with Crippen molar-refractivity contribution in [3.8, 4) is 5.88 Å². The summed E-state index contributed by atoms with van der Waals surface area (Å²) in [5.41, 5.74) is 5.88. The van der Waals surface area contributed by atoms with Gasteiger partial charge in [0.05, 0.1) is 6.61 Å². The Hall–Kier alpha value is -1.61. The molecule has 0 aliphatic heterocycles. The van der Waals surface area contributed by atoms with Crippen molar-refractivity contribution >= 4 is 10.8 Å². The molecule has 1 aliphatic rings. The fourth-order valence-electron chi connectivity index (χ4n) is 3.21. The third-order valence-corrected chi connectivity index (χ3v) is 4.44. The summed E-state index contributed by atoms with van der Waals surface area (Å²) in [6.45, 7) is 1.51. The van der Waals surface area contributed by atoms with Crippen LogP contribution in [0.3, 0.4) is 0 Å². The van der Waals surface area contributed by atoms with Crippen LogP contribution in [0.5, 0.6) is 5.88 Å². The van der Waals surface area contributed by atoms with Gasteiger partial charge < -0.3 is 10.5 Å². The molecule has 1 aliphatic carbocycles. The highest BCUT2D eigenvalue weighted by Gasteiger charge is 2.24. The predicted octanol–water partition coefficient (Wildman–Crippen LogP) is 3.38. The number of hydrogen-bond donors (Lipinski definition) is 1. The number of ether oxygens (including phenoxy) is 1. The second kappa shape index (κ2) is 6.23. The van der Waals surface area contributed by atoms with Gasteiger partial charge in [-0.1, -0.05) is 31.0 Å². The van der Waals surface area contributed by atoms with E-state index in [1.165, 1.54) is 31.1 Å². The first-order valence-corrected chi connectivity index (χ1v) is 7.55. The van der Waals surface area contributed by atoms with Gasteiger partial charge in [-0.05, 0) is 48.7 Å². The lowest BCUT2D eigenvalue weighted by atomic mass is 9.80. The number of benzene rings is 1. The van der Waals surface area contributed by atoms with Gasteiger partial charge in [-0.2, -0.15) is 0 Å². The zero-order chi connectivity index (χ0) is 13.8. The average molecular weight is 270 g/mol. The zero-order valence-electron chi connectivity index (χ0n) is 11.8. The molecule has 1 saturated carbocycles. The second-order valence-electron chi connectivity index (χ2n) is 5.69. The predicted molar refractivity (Wildman–Crippen MR) is 81.7 cm³/mol. The molecule has 20 heavy (non-hydrogen) atoms. The van der Waals surface area contributed by atoms with E-state index in [4.69, 9.17) is 10.5 Å². The SMILES string of the molecule is NCC1CCCCC1COc1nccc2ccccc12. The summed E-state index contributed by atoms with van der Waals surface area (Å²) in [5, 5.41) is 2.27. The minimum atomic E-state index is 0.578. The van der Waals surface area contributed by atoms with Crippen molar-refractivity contribution < 1.29 is 4.74 Å². The van der Waals surface area contributed by atoms with E-state index in [-0.39, 0.29) is 0 Å². The molecule has 1 heterocycles. The van der Waals surface area contributed by atoms with Crippen molar-refractivity contribution in [3.63, 3.8) is 0 Å². The lowest BCUT2D eigenvalue weighted by Crippen LogP contribution is -2.30. The van der Waals surface area contributed by atoms with Crippen molar-refractivity contribution in [2.45, 2.75) is 25.7 Å². The van der Waals surface area contributed by atoms with Gasteiger partial charge >= 0.3 is 0 Å². The van der Waals surface area contributed by atoms with Gasteiger partial charge in [-0.25, -0.2) is 4.98 Å². The Morgan fingerprint density at radius 1 is 1.10 bits per heavy atom. The van der Waals surface area contributed by atoms with Crippen molar-refractivity contribution in [2.75, 3.05) is 13.2 Å². The third kappa shape index (κ3) is 2.78. The molecule has 0 bridgehead atoms. The van der Waals surface area contributed by atoms with Crippen LogP contribution in [0, 0.1) is 11.8 Å². The zero-order valence-corrected chi connectivity index (χ0v) is 11.8. The second-order valence-corrected chi connectivity index (χ2v) is 5.69. The minimum Gasteiger partial charge on any atom is -0.477 e. The van der Waals surface area contributed by atoms with Crippen LogP contribution in [0.25, 0.3) is 10.8 Å². The minimum absolute atomic E-state index is 0.578. The largest absolute Gasteiger partial charge is 0.477 e. The number of nitrogens with two attached hydrogens (primary N) is 1. The Morgan fingerprint density at radius 3 is 2.75 bits per heavy atom. The van der Waals surface area contributed by atoms with Gasteiger partial charge in [-0.15, -0.1) is 0 Å². The maximum atomic E-state index is 6.02. The molecule has 3 nitrogen and oxygen atoms in total. The molecule has 0 radical (unpaired) electrons. The number of hydrogen-bond acceptors (Lipinski definition) is 3. The van der Waals surface area contributed by atoms with E-state index in [1.54, 1.807) is 0 Å². The number of pyridine rings is 1. The summed E-state index contributed by atoms with van der Waals surface area (Å²) in [4.78, 5) is 4.39. The first-order chi connectivity index (χ1) is 9.88. The van der Waals surface area contributed by atoms with Gasteiger partial charge in [0.2, 0.25) is 5.88 Å². The van der Waals surface area contributed by atoms with E-state index in [0.29, 0.717) is 11.8 Å². The molecule has 1 fully saturated rings. The molecular weight excluding hydrogens is 248 g/mol. The van der Waals surface area contributed by atoms with Crippen molar-refractivity contribution in [3.05, 3.63) is 36.5 Å². The molecule has 1 aromatic heterocycles. The van der Waals surface area contributed by atoms with Crippen molar-refractivity contribution in [1.82, 2.24) is 4.98 Å². The molecule has 2 atom stereocenters. The maximum Gasteiger partial charge on any atom is 0.221 e. The molecule has 0 amide bonds. The van der Waals surface area contributed by atoms with Crippen LogP contribution < -0.4 is 10.5 Å². The Labute approximate surface area is 120 Å². The summed E-state index contributed by atoms with van der Waals surface area (Å²) in [7, 11) is 0. The van der Waals surface area contributed by atoms with Crippen LogP contribution >= 0.6 is 0 Å². The Bertz CT molecular complexity index is 564. The summed E-state index contributed by atoms with van der Waals surface area (Å²) in [6.07, 6.45) is 6.90. The standard InChI is InChI=1S/C17H22N2O/c18-11-14-6-1-2-7-15(14)12-20-17-16-8-4-3-5-13(16)9-10-19-17/h3-5,8-10,14-15H,1-2,6-7,11-12,18H2. The number of rotatable bonds is 4. The van der Waals surface area contributed by atoms with Gasteiger partial charge in [0.1, 0.15) is 0 Å². The fourth-order valence-corrected chi connectivity index (χ4v) is 3.21. The summed E-state index contributed by atoms with van der Waals surface area (Å²) in [5.74, 6) is 1.94. The monoisotopic (exact) mass is 270 g/mol. The summed E-state index contributed by atoms with van der Waals surface area (Å²) >= 11 is 0. The molecule has 0 saturated heterocycles. The third-order valence-electron chi connectivity index (χ3n) is 4.44. The van der Waals surface area contributed by atoms with Crippen LogP contribution in [0.4, 0.5) is 0 Å². The lowest BCUT2D eigenvalue weighted by molar-refractivity contribution is 0.151.